The van der Waals surface area contributed by atoms with Gasteiger partial charge >= 0.3 is 0 Å². The lowest BCUT2D eigenvalue weighted by Crippen LogP contribution is -2.58. The zero-order valence-electron chi connectivity index (χ0n) is 6.79. The topological polar surface area (TPSA) is 90.2 Å². The van der Waals surface area contributed by atoms with E-state index in [2.05, 4.69) is 0 Å². The van der Waals surface area contributed by atoms with Gasteiger partial charge in [0.2, 0.25) is 0 Å². The Labute approximate surface area is 78.0 Å². The maximum Gasteiger partial charge on any atom is 0.263 e. The highest BCUT2D eigenvalue weighted by Gasteiger charge is 2.40. The molecule has 5 atom stereocenters. The van der Waals surface area contributed by atoms with Gasteiger partial charge in [0, 0.05) is 4.97 Å². The molecule has 1 rings (SSSR count). The van der Waals surface area contributed by atoms with Crippen LogP contribution in [0.25, 0.3) is 0 Å². The largest absolute Gasteiger partial charge is 0.394 e. The molecule has 1 aliphatic rings. The summed E-state index contributed by atoms with van der Waals surface area (Å²) in [5, 5.41) is 36.5. The van der Waals surface area contributed by atoms with Gasteiger partial charge in [-0.15, -0.1) is 0 Å². The Kier molecular flexibility index (Phi) is 3.49. The lowest BCUT2D eigenvalue weighted by atomic mass is 10.0. The molecule has 12 heavy (non-hydrogen) atoms. The van der Waals surface area contributed by atoms with Gasteiger partial charge in [0.05, 0.1) is 12.7 Å². The van der Waals surface area contributed by atoms with Crippen molar-refractivity contribution < 1.29 is 25.2 Å². The molecule has 0 radical (unpaired) electrons. The summed E-state index contributed by atoms with van der Waals surface area (Å²) in [5.74, 6) is 0. The van der Waals surface area contributed by atoms with Crippen LogP contribution in [-0.4, -0.2) is 72.7 Å². The number of aliphatic hydroxyl groups is 4. The summed E-state index contributed by atoms with van der Waals surface area (Å²) in [7, 11) is 0. The fraction of sp³-hybridized carbons (Fsp3) is 1.00. The number of hydrogen-bond donors (Lipinski definition) is 4. The Bertz CT molecular complexity index is 150. The summed E-state index contributed by atoms with van der Waals surface area (Å²) >= 11 is 0.552. The number of ether oxygens (including phenoxy) is 1. The van der Waals surface area contributed by atoms with Gasteiger partial charge in [0.15, 0.2) is 0 Å². The van der Waals surface area contributed by atoms with Crippen LogP contribution in [0.4, 0.5) is 0 Å². The molecule has 0 aromatic carbocycles. The molecule has 1 fully saturated rings. The van der Waals surface area contributed by atoms with Gasteiger partial charge in [-0.25, -0.2) is 0 Å². The molecule has 1 unspecified atom stereocenters. The van der Waals surface area contributed by atoms with Crippen molar-refractivity contribution in [3.05, 3.63) is 0 Å². The van der Waals surface area contributed by atoms with Crippen molar-refractivity contribution in [3.8, 4) is 0 Å². The maximum atomic E-state index is 9.25. The first-order valence-electron chi connectivity index (χ1n) is 3.88. The molecule has 1 aliphatic heterocycles. The third-order valence-corrected chi connectivity index (χ3v) is 3.09. The van der Waals surface area contributed by atoms with Crippen LogP contribution in [0, 0.1) is 0 Å². The predicted molar refractivity (Wildman–Crippen MR) is 42.3 cm³/mol. The van der Waals surface area contributed by atoms with Crippen LogP contribution in [0.1, 0.15) is 0 Å². The Morgan fingerprint density at radius 3 is 2.17 bits per heavy atom. The van der Waals surface area contributed by atoms with Crippen molar-refractivity contribution in [3.63, 3.8) is 0 Å². The molecule has 1 saturated heterocycles. The molecule has 0 saturated carbocycles. The van der Waals surface area contributed by atoms with E-state index in [4.69, 9.17) is 9.84 Å². The van der Waals surface area contributed by atoms with E-state index in [1.54, 1.807) is 0 Å². The minimum absolute atomic E-state index is 0.344. The first kappa shape index (κ1) is 10.4. The van der Waals surface area contributed by atoms with Crippen molar-refractivity contribution in [1.29, 1.82) is 0 Å². The summed E-state index contributed by atoms with van der Waals surface area (Å²) in [5.41, 5.74) is 0. The van der Waals surface area contributed by atoms with E-state index < -0.39 is 29.4 Å². The fourth-order valence-electron chi connectivity index (χ4n) is 1.29. The summed E-state index contributed by atoms with van der Waals surface area (Å²) in [6, 6.07) is 0. The summed E-state index contributed by atoms with van der Waals surface area (Å²) in [6.07, 6.45) is -4.21. The molecule has 0 amide bonds. The molecule has 6 heteroatoms. The molecule has 4 N–H and O–H groups in total. The second-order valence-corrected chi connectivity index (χ2v) is 4.17. The van der Waals surface area contributed by atoms with E-state index in [0.717, 1.165) is 0 Å². The maximum absolute atomic E-state index is 9.25. The van der Waals surface area contributed by atoms with Gasteiger partial charge in [0.25, 0.3) is 16.3 Å². The zero-order chi connectivity index (χ0) is 9.30. The minimum atomic E-state index is -1.21. The van der Waals surface area contributed by atoms with Gasteiger partial charge in [0.1, 0.15) is 18.3 Å². The molecular weight excluding hydrogens is 179 g/mol. The van der Waals surface area contributed by atoms with E-state index >= 15 is 0 Å². The van der Waals surface area contributed by atoms with E-state index in [1.165, 1.54) is 0 Å². The number of aliphatic hydroxyl groups excluding tert-OH is 4. The molecular formula is C6H13AlO5. The Balaban J connectivity index is 2.63. The van der Waals surface area contributed by atoms with Crippen LogP contribution < -0.4 is 0 Å². The highest BCUT2D eigenvalue weighted by molar-refractivity contribution is 6.11. The molecule has 70 valence electrons. The number of hydrogen-bond acceptors (Lipinski definition) is 5. The molecule has 0 aliphatic carbocycles. The highest BCUT2D eigenvalue weighted by atomic mass is 27.0. The predicted octanol–water partition coefficient (Wildman–Crippen LogP) is -3.58. The standard InChI is InChI=1S/C6H11O5.Al.2H/c7-1-4-6(10)5(9)3(8)2-11-4;;;/h2-10H,1H2;;;/t3-,4+,5+,6+;;;/m0.../s1. The van der Waals surface area contributed by atoms with Gasteiger partial charge < -0.3 is 25.2 Å². The van der Waals surface area contributed by atoms with Crippen molar-refractivity contribution in [2.75, 3.05) is 6.61 Å². The molecule has 5 nitrogen and oxygen atoms in total. The normalized spacial score (nSPS) is 49.2. The zero-order valence-corrected chi connectivity index (χ0v) is 8.79. The van der Waals surface area contributed by atoms with Crippen molar-refractivity contribution >= 4 is 16.3 Å². The first-order chi connectivity index (χ1) is 5.57. The Hall–Kier alpha value is 0.332. The second kappa shape index (κ2) is 4.03. The second-order valence-electron chi connectivity index (χ2n) is 3.03. The van der Waals surface area contributed by atoms with Crippen LogP contribution in [0.15, 0.2) is 0 Å². The van der Waals surface area contributed by atoms with Crippen LogP contribution in [-0.2, 0) is 4.74 Å². The monoisotopic (exact) mass is 192 g/mol. The molecule has 0 bridgehead atoms. The smallest absolute Gasteiger partial charge is 0.263 e. The van der Waals surface area contributed by atoms with Crippen molar-refractivity contribution in [2.45, 2.75) is 29.4 Å². The van der Waals surface area contributed by atoms with Crippen LogP contribution in [0.2, 0.25) is 0 Å². The SMILES string of the molecule is OC[C@H]1O[CH]([AlH2])[C@H](O)[C@@H](O)[C@@H]1O. The Morgan fingerprint density at radius 2 is 1.67 bits per heavy atom. The average Bonchev–Trinajstić information content (AvgIpc) is 2.08. The minimum Gasteiger partial charge on any atom is -0.394 e. The van der Waals surface area contributed by atoms with Gasteiger partial charge in [-0.3, -0.25) is 0 Å². The molecule has 0 spiro atoms. The van der Waals surface area contributed by atoms with Crippen molar-refractivity contribution in [1.82, 2.24) is 0 Å². The molecule has 1 heterocycles. The highest BCUT2D eigenvalue weighted by Crippen LogP contribution is 2.18. The van der Waals surface area contributed by atoms with Crippen molar-refractivity contribution in [2.24, 2.45) is 0 Å². The lowest BCUT2D eigenvalue weighted by molar-refractivity contribution is -0.208. The average molecular weight is 192 g/mol. The van der Waals surface area contributed by atoms with Crippen LogP contribution in [0.3, 0.4) is 0 Å². The molecule has 0 aromatic rings. The quantitative estimate of drug-likeness (QED) is 0.322. The summed E-state index contributed by atoms with van der Waals surface area (Å²) < 4.78 is 5.08. The van der Waals surface area contributed by atoms with Crippen LogP contribution in [0.5, 0.6) is 0 Å². The fourth-order valence-corrected chi connectivity index (χ4v) is 2.03. The molecule has 0 aromatic heterocycles. The van der Waals surface area contributed by atoms with Crippen LogP contribution >= 0.6 is 0 Å². The van der Waals surface area contributed by atoms with Gasteiger partial charge in [-0.1, -0.05) is 0 Å². The summed E-state index contributed by atoms with van der Waals surface area (Å²) in [4.78, 5) is -0.430. The Morgan fingerprint density at radius 1 is 1.08 bits per heavy atom. The first-order valence-corrected chi connectivity index (χ1v) is 5.04. The van der Waals surface area contributed by atoms with Gasteiger partial charge in [-0.2, -0.15) is 0 Å². The van der Waals surface area contributed by atoms with E-state index in [-0.39, 0.29) is 6.61 Å². The third-order valence-electron chi connectivity index (χ3n) is 2.13. The van der Waals surface area contributed by atoms with E-state index in [1.807, 2.05) is 0 Å². The lowest BCUT2D eigenvalue weighted by Gasteiger charge is -2.39. The summed E-state index contributed by atoms with van der Waals surface area (Å²) in [6.45, 7) is -0.344. The third kappa shape index (κ3) is 1.80. The number of rotatable bonds is 1. The van der Waals surface area contributed by atoms with E-state index in [0.29, 0.717) is 16.3 Å². The van der Waals surface area contributed by atoms with Gasteiger partial charge in [-0.05, 0) is 0 Å². The van der Waals surface area contributed by atoms with E-state index in [9.17, 15) is 15.3 Å².